The molecule has 0 aliphatic carbocycles. The Balaban J connectivity index is 1.04. The van der Waals surface area contributed by atoms with Gasteiger partial charge in [0.2, 0.25) is 0 Å². The van der Waals surface area contributed by atoms with Crippen molar-refractivity contribution in [2.75, 3.05) is 9.80 Å². The van der Waals surface area contributed by atoms with Gasteiger partial charge in [0.15, 0.2) is 0 Å². The molecule has 0 bridgehead atoms. The molecule has 17 aromatic carbocycles. The van der Waals surface area contributed by atoms with Gasteiger partial charge in [0.1, 0.15) is 0 Å². The molecular formula is C138H135BN4. The molecular weight excluding hydrogens is 1720 g/mol. The fraction of sp³-hybridized carbons (Fsp3) is 0.261. The van der Waals surface area contributed by atoms with Crippen molar-refractivity contribution >= 4 is 177 Å². The van der Waals surface area contributed by atoms with Crippen molar-refractivity contribution in [1.82, 2.24) is 8.80 Å². The molecule has 4 aromatic heterocycles. The van der Waals surface area contributed by atoms with Crippen LogP contribution in [0.2, 0.25) is 0 Å². The van der Waals surface area contributed by atoms with E-state index in [1.165, 1.54) is 197 Å². The Labute approximate surface area is 846 Å². The highest BCUT2D eigenvalue weighted by Gasteiger charge is 2.48. The maximum Gasteiger partial charge on any atom is 0.252 e. The van der Waals surface area contributed by atoms with E-state index in [2.05, 4.69) is 533 Å². The summed E-state index contributed by atoms with van der Waals surface area (Å²) >= 11 is 0. The summed E-state index contributed by atoms with van der Waals surface area (Å²) in [7, 11) is 0. The maximum absolute atomic E-state index is 2.90. The lowest BCUT2D eigenvalue weighted by atomic mass is 9.33. The van der Waals surface area contributed by atoms with E-state index in [-0.39, 0.29) is 43.3 Å². The molecule has 0 fully saturated rings. The molecule has 4 nitrogen and oxygen atoms in total. The summed E-state index contributed by atoms with van der Waals surface area (Å²) in [6.07, 6.45) is 0. The van der Waals surface area contributed by atoms with E-state index in [4.69, 9.17) is 0 Å². The van der Waals surface area contributed by atoms with Crippen LogP contribution in [0.1, 0.15) is 237 Å². The maximum atomic E-state index is 2.90. The van der Waals surface area contributed by atoms with Crippen molar-refractivity contribution in [3.05, 3.63) is 378 Å². The first kappa shape index (κ1) is 92.7. The number of fused-ring (bicyclic) bond motifs is 24. The lowest BCUT2D eigenvalue weighted by Crippen LogP contribution is -2.61. The molecule has 5 heteroatoms. The third-order valence-corrected chi connectivity index (χ3v) is 31.9. The fourth-order valence-corrected chi connectivity index (χ4v) is 23.7. The summed E-state index contributed by atoms with van der Waals surface area (Å²) in [5.74, 6) is 0. The molecule has 0 N–H and O–H groups in total. The van der Waals surface area contributed by atoms with E-state index < -0.39 is 12.1 Å². The molecule has 0 amide bonds. The number of para-hydroxylation sites is 4. The lowest BCUT2D eigenvalue weighted by molar-refractivity contribution is 0.568. The van der Waals surface area contributed by atoms with E-state index >= 15 is 0 Å². The van der Waals surface area contributed by atoms with E-state index in [1.54, 1.807) is 0 Å². The van der Waals surface area contributed by atoms with Crippen LogP contribution in [0.4, 0.5) is 34.1 Å². The van der Waals surface area contributed by atoms with Crippen molar-refractivity contribution in [2.45, 2.75) is 236 Å². The minimum absolute atomic E-state index is 0.208. The molecule has 0 saturated carbocycles. The van der Waals surface area contributed by atoms with Crippen LogP contribution < -0.4 is 26.2 Å². The molecule has 6 heterocycles. The normalized spacial score (nSPS) is 13.7. The molecule has 0 spiro atoms. The van der Waals surface area contributed by atoms with Gasteiger partial charge in [-0.3, -0.25) is 0 Å². The first-order valence-electron chi connectivity index (χ1n) is 52.1. The highest BCUT2D eigenvalue weighted by molar-refractivity contribution is 7.00. The van der Waals surface area contributed by atoms with Gasteiger partial charge in [0, 0.05) is 88.1 Å². The van der Waals surface area contributed by atoms with Gasteiger partial charge in [-0.2, -0.15) is 0 Å². The van der Waals surface area contributed by atoms with Gasteiger partial charge in [-0.25, -0.2) is 0 Å². The van der Waals surface area contributed by atoms with E-state index in [9.17, 15) is 0 Å². The second kappa shape index (κ2) is 32.3. The molecule has 0 atom stereocenters. The van der Waals surface area contributed by atoms with Gasteiger partial charge in [0.05, 0.1) is 44.5 Å². The Morgan fingerprint density at radius 3 is 0.699 bits per heavy atom. The van der Waals surface area contributed by atoms with Gasteiger partial charge in [-0.15, -0.1) is 0 Å². The van der Waals surface area contributed by atoms with Gasteiger partial charge in [-0.1, -0.05) is 454 Å². The van der Waals surface area contributed by atoms with E-state index in [1.807, 2.05) is 0 Å². The van der Waals surface area contributed by atoms with Crippen molar-refractivity contribution in [3.8, 4) is 44.5 Å². The molecule has 710 valence electrons. The zero-order valence-electron chi connectivity index (χ0n) is 89.0. The Kier molecular flexibility index (Phi) is 20.9. The Morgan fingerprint density at radius 1 is 0.168 bits per heavy atom. The van der Waals surface area contributed by atoms with Gasteiger partial charge in [-0.05, 0) is 241 Å². The monoisotopic (exact) mass is 1860 g/mol. The fourth-order valence-electron chi connectivity index (χ4n) is 23.7. The van der Waals surface area contributed by atoms with Crippen molar-refractivity contribution in [3.63, 3.8) is 0 Å². The van der Waals surface area contributed by atoms with Crippen molar-refractivity contribution in [2.24, 2.45) is 0 Å². The van der Waals surface area contributed by atoms with Crippen LogP contribution in [0, 0.1) is 0 Å². The minimum Gasteiger partial charge on any atom is -0.310 e. The minimum atomic E-state index is -0.480. The molecule has 0 unspecified atom stereocenters. The molecule has 0 saturated heterocycles. The van der Waals surface area contributed by atoms with Gasteiger partial charge in [0.25, 0.3) is 6.71 Å². The number of rotatable bonds is 6. The molecule has 23 rings (SSSR count). The molecule has 2 aliphatic rings. The Morgan fingerprint density at radius 2 is 0.399 bits per heavy atom. The Hall–Kier alpha value is -14.0. The third-order valence-electron chi connectivity index (χ3n) is 31.9. The number of benzene rings is 17. The van der Waals surface area contributed by atoms with Gasteiger partial charge >= 0.3 is 0 Å². The number of hydrogen-bond donors (Lipinski definition) is 0. The summed E-state index contributed by atoms with van der Waals surface area (Å²) < 4.78 is 5.41. The second-order valence-electron chi connectivity index (χ2n) is 51.0. The Bertz CT molecular complexity index is 8510. The number of hydrogen-bond acceptors (Lipinski definition) is 2. The second-order valence-corrected chi connectivity index (χ2v) is 51.0. The predicted octanol–water partition coefficient (Wildman–Crippen LogP) is 37.3. The van der Waals surface area contributed by atoms with Crippen LogP contribution in [0.5, 0.6) is 0 Å². The number of aromatic nitrogens is 2. The van der Waals surface area contributed by atoms with Crippen LogP contribution in [0.3, 0.4) is 0 Å². The molecule has 2 aliphatic heterocycles. The summed E-state index contributed by atoms with van der Waals surface area (Å²) in [4.78, 5) is 5.80. The number of anilines is 6. The quantitative estimate of drug-likeness (QED) is 0.154. The first-order valence-corrected chi connectivity index (χ1v) is 52.1. The zero-order chi connectivity index (χ0) is 100. The van der Waals surface area contributed by atoms with Crippen LogP contribution in [-0.4, -0.2) is 15.5 Å². The summed E-state index contributed by atoms with van der Waals surface area (Å²) in [5.41, 5.74) is 35.7. The average molecular weight is 1860 g/mol. The van der Waals surface area contributed by atoms with Crippen LogP contribution in [0.25, 0.3) is 164 Å². The van der Waals surface area contributed by atoms with Crippen molar-refractivity contribution < 1.29 is 0 Å². The summed E-state index contributed by atoms with van der Waals surface area (Å²) in [5, 5.41) is 19.0. The molecule has 0 radical (unpaired) electrons. The predicted molar refractivity (Wildman–Crippen MR) is 625 cm³/mol. The largest absolute Gasteiger partial charge is 0.310 e. The highest BCUT2D eigenvalue weighted by Crippen LogP contribution is 2.59. The first-order chi connectivity index (χ1) is 67.6. The summed E-state index contributed by atoms with van der Waals surface area (Å²) in [6.45, 7) is 64.8. The van der Waals surface area contributed by atoms with E-state index in [0.717, 1.165) is 67.0 Å². The van der Waals surface area contributed by atoms with Crippen molar-refractivity contribution in [1.29, 1.82) is 0 Å². The smallest absolute Gasteiger partial charge is 0.252 e. The van der Waals surface area contributed by atoms with Crippen LogP contribution >= 0.6 is 0 Å². The van der Waals surface area contributed by atoms with Gasteiger partial charge < -0.3 is 18.6 Å². The standard InChI is InChI=1S/C138H135BN4/c1-130(2,3)86-46-40-44-82(64-86)109-72-92(136(19,20)21)74-111(84-66-88(132(7,8)9)70-89(67-84)133(10,11)12)128(109)142-121-80-119-113(101-54-34-30-50-97(101)95-48-28-32-52-99(95)105-58-42-60-107-103-56-36-38-62-117(103)140(119)126(105)107)78-115(121)139-116-79-114-102-55-35-31-51-98(102)96-49-29-33-53-100(96)106-59-43-61-108-104-57-37-39-63-118(104)141(127(106)108)120(114)81-122(116)143(124-77-94(138(25,26)27)76-123(142)125(124)139)129-110(83-45-41-47-87(65-83)131(4,5)6)73-93(137(22,23)24)75-112(129)85-68-90(134(13,14)15)71-91(69-85)135(16,17)18/h28-81H,1-27H3. The zero-order valence-corrected chi connectivity index (χ0v) is 89.0. The van der Waals surface area contributed by atoms with Crippen LogP contribution in [-0.2, 0) is 48.7 Å². The SMILES string of the molecule is CC(C)(C)c1cccc(-c2cc(C(C)(C)C)cc(-c3cc(C(C)(C)C)cc(C(C)(C)C)c3)c2N2c3cc4c(cc3B3c5cc6c7ccccc7c7ccccc7c7cccc8c9ccccc9n(c6cc5N(c5c(-c6cccc(C(C)(C)C)c6)cc(C(C)(C)C)cc5-c5cc(C(C)(C)C)cc(C(C)(C)C)c5)c5cc(C(C)(C)C)cc2c53)c78)c2ccccc2c2ccccc2c2cccc3c5ccccc5n4c23)c1. The highest BCUT2D eigenvalue weighted by atomic mass is 15.2. The summed E-state index contributed by atoms with van der Waals surface area (Å²) in [6, 6.07) is 132. The average Bonchev–Trinajstić information content (AvgIpc) is 1.31. The molecule has 21 aromatic rings. The van der Waals surface area contributed by atoms with Crippen LogP contribution in [0.15, 0.2) is 328 Å². The topological polar surface area (TPSA) is 15.3 Å². The number of nitrogens with zero attached hydrogens (tertiary/aromatic N) is 4. The van der Waals surface area contributed by atoms with E-state index in [0.29, 0.717) is 0 Å². The molecule has 143 heavy (non-hydrogen) atoms. The lowest BCUT2D eigenvalue weighted by Gasteiger charge is -2.47. The third kappa shape index (κ3) is 15.2.